The number of carbonyl (C=O) groups is 1. The van der Waals surface area contributed by atoms with E-state index < -0.39 is 12.3 Å². The Morgan fingerprint density at radius 2 is 1.70 bits per heavy atom. The van der Waals surface area contributed by atoms with Gasteiger partial charge in [-0.25, -0.2) is 4.79 Å². The minimum Gasteiger partial charge on any atom is -0.478 e. The van der Waals surface area contributed by atoms with Crippen LogP contribution in [0.2, 0.25) is 5.02 Å². The number of aliphatic hydroxyl groups excluding tert-OH is 1. The first kappa shape index (κ1) is 15.5. The summed E-state index contributed by atoms with van der Waals surface area (Å²) in [5.41, 5.74) is 1.81. The number of hydrogen-bond donors (Lipinski definition) is 3. The van der Waals surface area contributed by atoms with Crippen LogP contribution in [0, 0.1) is 0 Å². The summed E-state index contributed by atoms with van der Waals surface area (Å²) >= 11 is 6.25. The first-order valence-corrected chi connectivity index (χ1v) is 7.27. The lowest BCUT2D eigenvalue weighted by molar-refractivity contribution is -0.0423. The molecule has 0 unspecified atom stereocenters. The van der Waals surface area contributed by atoms with Gasteiger partial charge in [0.25, 0.3) is 0 Å². The van der Waals surface area contributed by atoms with Crippen molar-refractivity contribution in [1.29, 1.82) is 0 Å². The van der Waals surface area contributed by atoms with Crippen LogP contribution in [0.25, 0.3) is 21.9 Å². The first-order valence-electron chi connectivity index (χ1n) is 6.89. The predicted octanol–water partition coefficient (Wildman–Crippen LogP) is 3.84. The van der Waals surface area contributed by atoms with Gasteiger partial charge in [0.2, 0.25) is 0 Å². The standard InChI is InChI=1S/C18H13ClO4/c19-16-4-2-1-3-14(16)15-9-12(18(22)23)8-11-7-10(17(20)21)5-6-13(11)15/h1-9,17,20-21H,(H,22,23). The Morgan fingerprint density at radius 1 is 0.957 bits per heavy atom. The summed E-state index contributed by atoms with van der Waals surface area (Å²) in [7, 11) is 0. The predicted molar refractivity (Wildman–Crippen MR) is 88.5 cm³/mol. The number of hydrogen-bond acceptors (Lipinski definition) is 3. The van der Waals surface area contributed by atoms with Gasteiger partial charge in [0, 0.05) is 16.1 Å². The van der Waals surface area contributed by atoms with Crippen LogP contribution in [0.5, 0.6) is 0 Å². The molecule has 0 fully saturated rings. The van der Waals surface area contributed by atoms with Crippen LogP contribution in [0.15, 0.2) is 54.6 Å². The average Bonchev–Trinajstić information content (AvgIpc) is 2.53. The maximum absolute atomic E-state index is 11.4. The van der Waals surface area contributed by atoms with Gasteiger partial charge in [-0.15, -0.1) is 0 Å². The van der Waals surface area contributed by atoms with Crippen molar-refractivity contribution in [3.8, 4) is 11.1 Å². The zero-order valence-corrected chi connectivity index (χ0v) is 12.7. The van der Waals surface area contributed by atoms with Gasteiger partial charge in [0.15, 0.2) is 6.29 Å². The van der Waals surface area contributed by atoms with Crippen molar-refractivity contribution >= 4 is 28.3 Å². The summed E-state index contributed by atoms with van der Waals surface area (Å²) in [5.74, 6) is -1.06. The molecule has 3 N–H and O–H groups in total. The number of rotatable bonds is 3. The van der Waals surface area contributed by atoms with Gasteiger partial charge in [-0.3, -0.25) is 0 Å². The summed E-state index contributed by atoms with van der Waals surface area (Å²) < 4.78 is 0. The van der Waals surface area contributed by atoms with Crippen LogP contribution in [-0.4, -0.2) is 21.3 Å². The molecule has 0 spiro atoms. The summed E-state index contributed by atoms with van der Waals surface area (Å²) in [6, 6.07) is 15.1. The van der Waals surface area contributed by atoms with E-state index in [0.29, 0.717) is 21.5 Å². The second-order valence-electron chi connectivity index (χ2n) is 5.16. The maximum atomic E-state index is 11.4. The van der Waals surface area contributed by atoms with Crippen molar-refractivity contribution in [3.63, 3.8) is 0 Å². The monoisotopic (exact) mass is 328 g/mol. The van der Waals surface area contributed by atoms with E-state index in [1.807, 2.05) is 12.1 Å². The fourth-order valence-corrected chi connectivity index (χ4v) is 2.81. The van der Waals surface area contributed by atoms with Crippen LogP contribution in [0.3, 0.4) is 0 Å². The first-order chi connectivity index (χ1) is 11.0. The van der Waals surface area contributed by atoms with Crippen LogP contribution in [0.4, 0.5) is 0 Å². The van der Waals surface area contributed by atoms with Gasteiger partial charge in [0.1, 0.15) is 0 Å². The molecular formula is C18H13ClO4. The summed E-state index contributed by atoms with van der Waals surface area (Å²) in [6.07, 6.45) is -1.61. The van der Waals surface area contributed by atoms with Crippen LogP contribution in [0.1, 0.15) is 22.2 Å². The molecule has 0 saturated heterocycles. The molecule has 0 aliphatic carbocycles. The summed E-state index contributed by atoms with van der Waals surface area (Å²) in [4.78, 5) is 11.4. The zero-order valence-electron chi connectivity index (χ0n) is 11.9. The van der Waals surface area contributed by atoms with Crippen molar-refractivity contribution < 1.29 is 20.1 Å². The van der Waals surface area contributed by atoms with Crippen molar-refractivity contribution in [2.75, 3.05) is 0 Å². The normalized spacial score (nSPS) is 11.1. The number of carboxylic acids is 1. The van der Waals surface area contributed by atoms with E-state index in [9.17, 15) is 20.1 Å². The lowest BCUT2D eigenvalue weighted by atomic mass is 9.94. The molecule has 0 amide bonds. The maximum Gasteiger partial charge on any atom is 0.335 e. The molecule has 0 aliphatic heterocycles. The lowest BCUT2D eigenvalue weighted by Crippen LogP contribution is -1.99. The molecule has 0 atom stereocenters. The van der Waals surface area contributed by atoms with Gasteiger partial charge < -0.3 is 15.3 Å². The minimum absolute atomic E-state index is 0.108. The molecule has 0 bridgehead atoms. The van der Waals surface area contributed by atoms with E-state index in [1.54, 1.807) is 36.4 Å². The minimum atomic E-state index is -1.61. The van der Waals surface area contributed by atoms with E-state index in [4.69, 9.17) is 11.6 Å². The quantitative estimate of drug-likeness (QED) is 0.638. The Balaban J connectivity index is 2.36. The number of benzene rings is 3. The van der Waals surface area contributed by atoms with Crippen LogP contribution >= 0.6 is 11.6 Å². The largest absolute Gasteiger partial charge is 0.478 e. The molecule has 0 heterocycles. The Labute approximate surface area is 137 Å². The van der Waals surface area contributed by atoms with Crippen LogP contribution in [-0.2, 0) is 0 Å². The molecule has 0 radical (unpaired) electrons. The van der Waals surface area contributed by atoms with Crippen molar-refractivity contribution in [3.05, 3.63) is 70.7 Å². The highest BCUT2D eigenvalue weighted by Gasteiger charge is 2.14. The number of aliphatic hydroxyl groups is 2. The Morgan fingerprint density at radius 3 is 2.35 bits per heavy atom. The Kier molecular flexibility index (Phi) is 4.05. The number of carboxylic acid groups (broad SMARTS) is 1. The molecule has 0 aromatic heterocycles. The van der Waals surface area contributed by atoms with Gasteiger partial charge in [-0.2, -0.15) is 0 Å². The molecule has 5 heteroatoms. The third kappa shape index (κ3) is 2.92. The Hall–Kier alpha value is -2.40. The second-order valence-corrected chi connectivity index (χ2v) is 5.57. The number of halogens is 1. The third-order valence-electron chi connectivity index (χ3n) is 3.69. The SMILES string of the molecule is O=C(O)c1cc(-c2ccccc2Cl)c2ccc(C(O)O)cc2c1. The van der Waals surface area contributed by atoms with Crippen LogP contribution < -0.4 is 0 Å². The summed E-state index contributed by atoms with van der Waals surface area (Å²) in [6.45, 7) is 0. The fourth-order valence-electron chi connectivity index (χ4n) is 2.57. The average molecular weight is 329 g/mol. The topological polar surface area (TPSA) is 77.8 Å². The lowest BCUT2D eigenvalue weighted by Gasteiger charge is -2.12. The van der Waals surface area contributed by atoms with E-state index in [1.165, 1.54) is 6.07 Å². The molecule has 116 valence electrons. The molecule has 0 saturated carbocycles. The zero-order chi connectivity index (χ0) is 16.6. The highest BCUT2D eigenvalue weighted by Crippen LogP contribution is 2.35. The van der Waals surface area contributed by atoms with Gasteiger partial charge >= 0.3 is 5.97 Å². The van der Waals surface area contributed by atoms with E-state index in [-0.39, 0.29) is 5.56 Å². The molecule has 0 aliphatic rings. The molecule has 23 heavy (non-hydrogen) atoms. The molecule has 3 aromatic carbocycles. The molecule has 3 rings (SSSR count). The highest BCUT2D eigenvalue weighted by atomic mass is 35.5. The molecule has 4 nitrogen and oxygen atoms in total. The van der Waals surface area contributed by atoms with E-state index >= 15 is 0 Å². The Bertz CT molecular complexity index is 903. The van der Waals surface area contributed by atoms with Crippen molar-refractivity contribution in [2.24, 2.45) is 0 Å². The summed E-state index contributed by atoms with van der Waals surface area (Å²) in [5, 5.41) is 29.9. The van der Waals surface area contributed by atoms with Crippen molar-refractivity contribution in [1.82, 2.24) is 0 Å². The van der Waals surface area contributed by atoms with E-state index in [0.717, 1.165) is 10.9 Å². The molecular weight excluding hydrogens is 316 g/mol. The fraction of sp³-hybridized carbons (Fsp3) is 0.0556. The van der Waals surface area contributed by atoms with Gasteiger partial charge in [-0.05, 0) is 40.6 Å². The molecule has 3 aromatic rings. The van der Waals surface area contributed by atoms with E-state index in [2.05, 4.69) is 0 Å². The van der Waals surface area contributed by atoms with Crippen molar-refractivity contribution in [2.45, 2.75) is 6.29 Å². The number of aromatic carboxylic acids is 1. The second kappa shape index (κ2) is 6.01. The smallest absolute Gasteiger partial charge is 0.335 e. The van der Waals surface area contributed by atoms with Gasteiger partial charge in [-0.1, -0.05) is 41.9 Å². The number of fused-ring (bicyclic) bond motifs is 1. The van der Waals surface area contributed by atoms with Gasteiger partial charge in [0.05, 0.1) is 5.56 Å². The highest BCUT2D eigenvalue weighted by molar-refractivity contribution is 6.33. The third-order valence-corrected chi connectivity index (χ3v) is 4.02.